The van der Waals surface area contributed by atoms with E-state index in [9.17, 15) is 0 Å². The quantitative estimate of drug-likeness (QED) is 0.796. The van der Waals surface area contributed by atoms with Crippen molar-refractivity contribution in [2.75, 3.05) is 26.3 Å². The maximum atomic E-state index is 6.06. The smallest absolute Gasteiger partial charge is 0.0889 e. The van der Waals surface area contributed by atoms with Crippen molar-refractivity contribution in [1.29, 1.82) is 0 Å². The van der Waals surface area contributed by atoms with Gasteiger partial charge in [0.15, 0.2) is 0 Å². The molecule has 0 amide bonds. The van der Waals surface area contributed by atoms with E-state index in [0.717, 1.165) is 38.4 Å². The molecule has 2 fully saturated rings. The molecule has 0 saturated carbocycles. The summed E-state index contributed by atoms with van der Waals surface area (Å²) in [5.74, 6) is 0. The lowest BCUT2D eigenvalue weighted by atomic mass is 9.76. The Labute approximate surface area is 155 Å². The molecular weight excluding hydrogens is 328 g/mol. The average molecular weight is 356 g/mol. The van der Waals surface area contributed by atoms with Gasteiger partial charge in [0.2, 0.25) is 0 Å². The first-order valence-corrected chi connectivity index (χ1v) is 9.50. The highest BCUT2D eigenvalue weighted by Gasteiger charge is 2.42. The van der Waals surface area contributed by atoms with Crippen LogP contribution in [-0.2, 0) is 29.7 Å². The minimum Gasteiger partial charge on any atom is -0.375 e. The molecule has 0 N–H and O–H groups in total. The molecule has 0 unspecified atom stereocenters. The Bertz CT molecular complexity index is 695. The number of aromatic nitrogens is 3. The first-order chi connectivity index (χ1) is 12.7. The first kappa shape index (κ1) is 17.6. The molecule has 0 radical (unpaired) electrons. The van der Waals surface area contributed by atoms with Gasteiger partial charge in [-0.05, 0) is 49.9 Å². The van der Waals surface area contributed by atoms with Gasteiger partial charge in [-0.3, -0.25) is 14.6 Å². The number of hydrogen-bond donors (Lipinski definition) is 0. The Morgan fingerprint density at radius 1 is 1.31 bits per heavy atom. The van der Waals surface area contributed by atoms with Gasteiger partial charge < -0.3 is 9.47 Å². The molecule has 2 aliphatic heterocycles. The fourth-order valence-electron chi connectivity index (χ4n) is 4.13. The number of nitrogens with zero attached hydrogens (tertiary/aromatic N) is 4. The molecule has 0 aliphatic carbocycles. The number of piperidine rings is 1. The van der Waals surface area contributed by atoms with E-state index in [0.29, 0.717) is 18.6 Å². The zero-order valence-electron chi connectivity index (χ0n) is 15.5. The fraction of sp³-hybridized carbons (Fsp3) is 0.600. The van der Waals surface area contributed by atoms with E-state index in [1.807, 2.05) is 36.1 Å². The van der Waals surface area contributed by atoms with Gasteiger partial charge in [0, 0.05) is 31.5 Å². The molecule has 1 atom stereocenters. The van der Waals surface area contributed by atoms with E-state index in [2.05, 4.69) is 21.2 Å². The lowest BCUT2D eigenvalue weighted by Crippen LogP contribution is -2.40. The van der Waals surface area contributed by atoms with Crippen molar-refractivity contribution >= 4 is 0 Å². The first-order valence-electron chi connectivity index (χ1n) is 9.50. The van der Waals surface area contributed by atoms with Crippen molar-refractivity contribution in [2.45, 2.75) is 38.5 Å². The van der Waals surface area contributed by atoms with Crippen molar-refractivity contribution in [3.63, 3.8) is 0 Å². The molecule has 2 saturated heterocycles. The number of aryl methyl sites for hydroxylation is 1. The molecule has 4 rings (SSSR count). The summed E-state index contributed by atoms with van der Waals surface area (Å²) in [5, 5.41) is 4.27. The standard InChI is InChI=1S/C20H28N4O2/c1-23-12-17(11-22-23)13-24-8-5-20(6-9-24)10-19(26-16-20)15-25-14-18-4-2-3-7-21-18/h2-4,7,11-12,19H,5-6,8-10,13-16H2,1H3/t19-/m0/s1. The summed E-state index contributed by atoms with van der Waals surface area (Å²) < 4.78 is 13.8. The van der Waals surface area contributed by atoms with Gasteiger partial charge in [0.1, 0.15) is 0 Å². The van der Waals surface area contributed by atoms with Crippen molar-refractivity contribution in [2.24, 2.45) is 12.5 Å². The Morgan fingerprint density at radius 3 is 2.92 bits per heavy atom. The van der Waals surface area contributed by atoms with Crippen molar-refractivity contribution in [3.05, 3.63) is 48.0 Å². The van der Waals surface area contributed by atoms with Gasteiger partial charge in [0.05, 0.1) is 37.8 Å². The summed E-state index contributed by atoms with van der Waals surface area (Å²) in [6, 6.07) is 5.91. The number of likely N-dealkylation sites (tertiary alicyclic amines) is 1. The molecule has 1 spiro atoms. The molecule has 6 heteroatoms. The summed E-state index contributed by atoms with van der Waals surface area (Å²) >= 11 is 0. The third kappa shape index (κ3) is 4.31. The normalized spacial score (nSPS) is 22.9. The Morgan fingerprint density at radius 2 is 2.19 bits per heavy atom. The topological polar surface area (TPSA) is 52.4 Å². The van der Waals surface area contributed by atoms with Gasteiger partial charge in [-0.1, -0.05) is 6.07 Å². The molecule has 26 heavy (non-hydrogen) atoms. The second kappa shape index (κ2) is 7.86. The van der Waals surface area contributed by atoms with Gasteiger partial charge >= 0.3 is 0 Å². The van der Waals surface area contributed by atoms with Crippen LogP contribution in [0.15, 0.2) is 36.8 Å². The van der Waals surface area contributed by atoms with Crippen LogP contribution in [-0.4, -0.2) is 52.1 Å². The molecule has 6 nitrogen and oxygen atoms in total. The average Bonchev–Trinajstić information content (AvgIpc) is 3.25. The number of hydrogen-bond acceptors (Lipinski definition) is 5. The second-order valence-electron chi connectivity index (χ2n) is 7.77. The molecule has 0 aromatic carbocycles. The summed E-state index contributed by atoms with van der Waals surface area (Å²) in [5.41, 5.74) is 2.63. The van der Waals surface area contributed by atoms with E-state index in [-0.39, 0.29) is 6.10 Å². The van der Waals surface area contributed by atoms with Crippen molar-refractivity contribution in [1.82, 2.24) is 19.7 Å². The molecule has 2 aromatic rings. The van der Waals surface area contributed by atoms with Gasteiger partial charge in [-0.25, -0.2) is 0 Å². The Kier molecular flexibility index (Phi) is 5.33. The lowest BCUT2D eigenvalue weighted by Gasteiger charge is -2.38. The minimum absolute atomic E-state index is 0.226. The third-order valence-electron chi connectivity index (χ3n) is 5.65. The summed E-state index contributed by atoms with van der Waals surface area (Å²) in [4.78, 5) is 6.83. The molecule has 2 aliphatic rings. The van der Waals surface area contributed by atoms with Crippen LogP contribution < -0.4 is 0 Å². The van der Waals surface area contributed by atoms with Crippen molar-refractivity contribution in [3.8, 4) is 0 Å². The minimum atomic E-state index is 0.226. The molecule has 0 bridgehead atoms. The van der Waals surface area contributed by atoms with E-state index in [1.165, 1.54) is 18.4 Å². The van der Waals surface area contributed by atoms with Crippen LogP contribution in [0.25, 0.3) is 0 Å². The van der Waals surface area contributed by atoms with Crippen LogP contribution >= 0.6 is 0 Å². The molecule has 4 heterocycles. The number of ether oxygens (including phenoxy) is 2. The zero-order valence-corrected chi connectivity index (χ0v) is 15.5. The summed E-state index contributed by atoms with van der Waals surface area (Å²) in [6.07, 6.45) is 9.66. The summed E-state index contributed by atoms with van der Waals surface area (Å²) in [7, 11) is 1.97. The van der Waals surface area contributed by atoms with Crippen LogP contribution in [0.2, 0.25) is 0 Å². The molecular formula is C20H28N4O2. The van der Waals surface area contributed by atoms with Crippen LogP contribution in [0.4, 0.5) is 0 Å². The highest BCUT2D eigenvalue weighted by atomic mass is 16.5. The van der Waals surface area contributed by atoms with Gasteiger partial charge in [-0.2, -0.15) is 5.10 Å². The van der Waals surface area contributed by atoms with E-state index in [4.69, 9.17) is 9.47 Å². The van der Waals surface area contributed by atoms with Crippen LogP contribution in [0.3, 0.4) is 0 Å². The fourth-order valence-corrected chi connectivity index (χ4v) is 4.13. The molecule has 2 aromatic heterocycles. The predicted octanol–water partition coefficient (Wildman–Crippen LogP) is 2.40. The number of pyridine rings is 1. The highest BCUT2D eigenvalue weighted by Crippen LogP contribution is 2.42. The van der Waals surface area contributed by atoms with Gasteiger partial charge in [-0.15, -0.1) is 0 Å². The monoisotopic (exact) mass is 356 g/mol. The third-order valence-corrected chi connectivity index (χ3v) is 5.65. The molecule has 140 valence electrons. The van der Waals surface area contributed by atoms with Crippen LogP contribution in [0.5, 0.6) is 0 Å². The van der Waals surface area contributed by atoms with Crippen molar-refractivity contribution < 1.29 is 9.47 Å². The Hall–Kier alpha value is -1.76. The zero-order chi connectivity index (χ0) is 17.8. The highest BCUT2D eigenvalue weighted by molar-refractivity contribution is 5.04. The number of rotatable bonds is 6. The summed E-state index contributed by atoms with van der Waals surface area (Å²) in [6.45, 7) is 5.39. The lowest BCUT2D eigenvalue weighted by molar-refractivity contribution is 0.00554. The van der Waals surface area contributed by atoms with E-state index >= 15 is 0 Å². The van der Waals surface area contributed by atoms with E-state index in [1.54, 1.807) is 6.20 Å². The predicted molar refractivity (Wildman–Crippen MR) is 98.4 cm³/mol. The second-order valence-corrected chi connectivity index (χ2v) is 7.77. The SMILES string of the molecule is Cn1cc(CN2CCC3(CC2)CO[C@H](COCc2ccccn2)C3)cn1. The van der Waals surface area contributed by atoms with Gasteiger partial charge in [0.25, 0.3) is 0 Å². The van der Waals surface area contributed by atoms with Crippen LogP contribution in [0.1, 0.15) is 30.5 Å². The largest absolute Gasteiger partial charge is 0.375 e. The van der Waals surface area contributed by atoms with Crippen LogP contribution in [0, 0.1) is 5.41 Å². The maximum Gasteiger partial charge on any atom is 0.0889 e. The maximum absolute atomic E-state index is 6.06. The Balaban J connectivity index is 1.20. The van der Waals surface area contributed by atoms with E-state index < -0.39 is 0 Å².